The smallest absolute Gasteiger partial charge is 0.407 e. The molecule has 3 aliphatic heterocycles. The van der Waals surface area contributed by atoms with E-state index in [0.717, 1.165) is 27.8 Å². The van der Waals surface area contributed by atoms with Crippen molar-refractivity contribution in [3.05, 3.63) is 108 Å². The highest BCUT2D eigenvalue weighted by molar-refractivity contribution is 5.82. The van der Waals surface area contributed by atoms with Crippen LogP contribution in [0, 0.1) is 41.4 Å². The summed E-state index contributed by atoms with van der Waals surface area (Å²) in [6.45, 7) is 18.9. The summed E-state index contributed by atoms with van der Waals surface area (Å²) in [5.41, 5.74) is 5.22. The molecule has 0 saturated carbocycles. The fraction of sp³-hybridized carbons (Fsp3) is 0.590. The molecule has 78 heavy (non-hydrogen) atoms. The van der Waals surface area contributed by atoms with E-state index in [1.54, 1.807) is 0 Å². The first kappa shape index (κ1) is 60.0. The first-order chi connectivity index (χ1) is 37.4. The molecular formula is C61H81NO16. The monoisotopic (exact) mass is 1080 g/mol. The third-order valence-corrected chi connectivity index (χ3v) is 16.3. The average molecular weight is 1080 g/mol. The Labute approximate surface area is 459 Å². The molecule has 1 aliphatic carbocycles. The first-order valence-electron chi connectivity index (χ1n) is 27.7. The van der Waals surface area contributed by atoms with E-state index in [0.29, 0.717) is 19.4 Å². The molecule has 1 N–H and O–H groups in total. The quantitative estimate of drug-likeness (QED) is 0.0407. The van der Waals surface area contributed by atoms with E-state index in [2.05, 4.69) is 38.2 Å². The van der Waals surface area contributed by atoms with Crippen molar-refractivity contribution in [2.75, 3.05) is 33.0 Å². The highest BCUT2D eigenvalue weighted by Gasteiger charge is 2.51. The van der Waals surface area contributed by atoms with E-state index in [1.807, 2.05) is 107 Å². The minimum absolute atomic E-state index is 0.0102. The van der Waals surface area contributed by atoms with Gasteiger partial charge in [-0.05, 0) is 70.8 Å². The van der Waals surface area contributed by atoms with E-state index in [9.17, 15) is 24.0 Å². The zero-order valence-electron chi connectivity index (χ0n) is 46.9. The Balaban J connectivity index is 0.935. The second-order valence-electron chi connectivity index (χ2n) is 21.6. The third kappa shape index (κ3) is 15.6. The van der Waals surface area contributed by atoms with Gasteiger partial charge in [0.15, 0.2) is 18.9 Å². The summed E-state index contributed by atoms with van der Waals surface area (Å²) in [5.74, 6) is -2.49. The highest BCUT2D eigenvalue weighted by Crippen LogP contribution is 2.45. The van der Waals surface area contributed by atoms with E-state index < -0.39 is 73.3 Å². The zero-order chi connectivity index (χ0) is 56.0. The van der Waals surface area contributed by atoms with Gasteiger partial charge in [-0.15, -0.1) is 0 Å². The lowest BCUT2D eigenvalue weighted by Crippen LogP contribution is -2.59. The number of benzene rings is 3. The van der Waals surface area contributed by atoms with Crippen molar-refractivity contribution < 1.29 is 76.1 Å². The fourth-order valence-corrected chi connectivity index (χ4v) is 10.9. The molecule has 16 atom stereocenters. The number of esters is 4. The van der Waals surface area contributed by atoms with Crippen LogP contribution in [0.3, 0.4) is 0 Å². The van der Waals surface area contributed by atoms with Crippen LogP contribution in [0.5, 0.6) is 0 Å². The number of allylic oxidation sites excluding steroid dienone is 1. The van der Waals surface area contributed by atoms with Crippen LogP contribution in [0.2, 0.25) is 0 Å². The van der Waals surface area contributed by atoms with Crippen molar-refractivity contribution in [1.29, 1.82) is 0 Å². The number of fused-ring (bicyclic) bond motifs is 3. The van der Waals surface area contributed by atoms with Crippen LogP contribution >= 0.6 is 0 Å². The lowest BCUT2D eigenvalue weighted by atomic mass is 9.78. The molecule has 3 fully saturated rings. The summed E-state index contributed by atoms with van der Waals surface area (Å²) in [6, 6.07) is 24.5. The molecule has 17 heteroatoms. The molecule has 4 aliphatic rings. The van der Waals surface area contributed by atoms with Crippen LogP contribution in [0.4, 0.5) is 4.79 Å². The number of carbonyl (C=O) groups excluding carboxylic acids is 5. The zero-order valence-corrected chi connectivity index (χ0v) is 46.9. The molecule has 3 aromatic rings. The second-order valence-corrected chi connectivity index (χ2v) is 21.6. The van der Waals surface area contributed by atoms with E-state index >= 15 is 0 Å². The number of nitrogens with one attached hydrogen (secondary N) is 1. The summed E-state index contributed by atoms with van der Waals surface area (Å²) < 4.78 is 67.6. The van der Waals surface area contributed by atoms with Crippen LogP contribution in [0.15, 0.2) is 91.0 Å². The molecule has 3 aromatic carbocycles. The summed E-state index contributed by atoms with van der Waals surface area (Å²) in [7, 11) is 0. The molecular weight excluding hydrogens is 1000 g/mol. The third-order valence-electron chi connectivity index (χ3n) is 16.3. The standard InChI is InChI=1S/C61H81NO16/c1-35-36(2)52(32-69-42(8)63)74-59(39(35)5)77-56-38(4)41(7)60(76-54(56)34-71-44(10)65)78-55-37(3)40(6)58(75-53(55)33-70-43(9)64)68-29-21-12-11-16-28-51(57(66)72-30-45-22-14-13-15-23-45)62-61(67)73-31-50-48-26-19-17-24-46(48)47-25-18-20-27-49(47)50/h11,13-20,22-27,35-41,50-56,58-60H,12,21,28-34H2,1-10H3,(H,62,67)/b16-11+/t35-,36+,37+,38+,39?,40?,41?,51-,52?,53?,54?,55+,56+,58+,59-,60-/m0/s1. The summed E-state index contributed by atoms with van der Waals surface area (Å²) in [5, 5.41) is 2.76. The maximum atomic E-state index is 13.5. The SMILES string of the molecule is CC(=O)OCC1O[C@@H](O[C@H]2C(COC(C)=O)O[C@@H](O[C@H]3C(COC(C)=O)O[C@@H](OCCC/C=C/C[C@H](NC(=O)OCC4c5ccccc5-c5ccccc54)C(=O)OCc4ccccc4)C(C)[C@H]3C)C(C)[C@H]2C)C(C)[C@@H](C)[C@H]1C. The lowest BCUT2D eigenvalue weighted by Gasteiger charge is -2.50. The average Bonchev–Trinajstić information content (AvgIpc) is 3.78. The number of hydrogen-bond acceptors (Lipinski definition) is 16. The molecule has 1 amide bonds. The van der Waals surface area contributed by atoms with Crippen molar-refractivity contribution in [1.82, 2.24) is 5.32 Å². The molecule has 426 valence electrons. The second kappa shape index (κ2) is 28.5. The van der Waals surface area contributed by atoms with Crippen LogP contribution in [-0.2, 0) is 77.9 Å². The normalized spacial score (nSPS) is 30.1. The molecule has 6 unspecified atom stereocenters. The Morgan fingerprint density at radius 3 is 1.58 bits per heavy atom. The van der Waals surface area contributed by atoms with Crippen LogP contribution in [-0.4, -0.2) is 118 Å². The molecule has 17 nitrogen and oxygen atoms in total. The number of unbranched alkanes of at least 4 members (excludes halogenated alkanes) is 1. The molecule has 0 aromatic heterocycles. The van der Waals surface area contributed by atoms with Gasteiger partial charge >= 0.3 is 30.0 Å². The Kier molecular flexibility index (Phi) is 21.9. The number of hydrogen-bond donors (Lipinski definition) is 1. The van der Waals surface area contributed by atoms with Gasteiger partial charge in [0.05, 0.1) is 24.9 Å². The first-order valence-corrected chi connectivity index (χ1v) is 27.7. The minimum atomic E-state index is -0.999. The largest absolute Gasteiger partial charge is 0.463 e. The van der Waals surface area contributed by atoms with Gasteiger partial charge in [0.2, 0.25) is 0 Å². The topological polar surface area (TPSA) is 199 Å². The Hall–Kier alpha value is -5.69. The van der Waals surface area contributed by atoms with E-state index in [4.69, 9.17) is 52.1 Å². The van der Waals surface area contributed by atoms with Crippen molar-refractivity contribution in [3.63, 3.8) is 0 Å². The van der Waals surface area contributed by atoms with Crippen molar-refractivity contribution >= 4 is 30.0 Å². The van der Waals surface area contributed by atoms with Gasteiger partial charge in [0, 0.05) is 44.4 Å². The molecule has 0 bridgehead atoms. The Bertz CT molecular complexity index is 2440. The van der Waals surface area contributed by atoms with Gasteiger partial charge in [-0.1, -0.05) is 139 Å². The summed E-state index contributed by atoms with van der Waals surface area (Å²) >= 11 is 0. The minimum Gasteiger partial charge on any atom is -0.463 e. The van der Waals surface area contributed by atoms with Crippen molar-refractivity contribution in [3.8, 4) is 11.1 Å². The molecule has 3 heterocycles. The van der Waals surface area contributed by atoms with Gasteiger partial charge in [0.1, 0.15) is 51.3 Å². The van der Waals surface area contributed by atoms with E-state index in [-0.39, 0.29) is 98.9 Å². The highest BCUT2D eigenvalue weighted by atomic mass is 16.7. The van der Waals surface area contributed by atoms with Gasteiger partial charge in [-0.3, -0.25) is 14.4 Å². The van der Waals surface area contributed by atoms with Crippen LogP contribution < -0.4 is 5.32 Å². The molecule has 7 rings (SSSR count). The number of ether oxygens (including phenoxy) is 11. The fourth-order valence-electron chi connectivity index (χ4n) is 10.9. The number of alkyl carbamates (subject to hydrolysis) is 1. The van der Waals surface area contributed by atoms with Crippen LogP contribution in [0.25, 0.3) is 11.1 Å². The summed E-state index contributed by atoms with van der Waals surface area (Å²) in [6.07, 6.45) is -0.603. The van der Waals surface area contributed by atoms with Crippen LogP contribution in [0.1, 0.15) is 111 Å². The number of amides is 1. The number of rotatable bonds is 23. The predicted molar refractivity (Wildman–Crippen MR) is 287 cm³/mol. The van der Waals surface area contributed by atoms with Gasteiger partial charge in [-0.25, -0.2) is 9.59 Å². The van der Waals surface area contributed by atoms with Gasteiger partial charge in [-0.2, -0.15) is 0 Å². The Morgan fingerprint density at radius 1 is 0.526 bits per heavy atom. The molecule has 3 saturated heterocycles. The molecule has 0 radical (unpaired) electrons. The van der Waals surface area contributed by atoms with Gasteiger partial charge in [0.25, 0.3) is 0 Å². The van der Waals surface area contributed by atoms with Crippen molar-refractivity contribution in [2.45, 2.75) is 156 Å². The summed E-state index contributed by atoms with van der Waals surface area (Å²) in [4.78, 5) is 62.9. The lowest BCUT2D eigenvalue weighted by molar-refractivity contribution is -0.352. The number of carbonyl (C=O) groups is 5. The maximum absolute atomic E-state index is 13.5. The van der Waals surface area contributed by atoms with Gasteiger partial charge < -0.3 is 57.4 Å². The van der Waals surface area contributed by atoms with Crippen molar-refractivity contribution in [2.24, 2.45) is 41.4 Å². The van der Waals surface area contributed by atoms with E-state index in [1.165, 1.54) is 20.8 Å². The Morgan fingerprint density at radius 2 is 1.01 bits per heavy atom. The maximum Gasteiger partial charge on any atom is 0.407 e. The predicted octanol–water partition coefficient (Wildman–Crippen LogP) is 9.47. The molecule has 0 spiro atoms.